The van der Waals surface area contributed by atoms with E-state index in [0.29, 0.717) is 5.02 Å². The van der Waals surface area contributed by atoms with Gasteiger partial charge in [0.1, 0.15) is 17.2 Å². The third-order valence-corrected chi connectivity index (χ3v) is 5.57. The molecule has 130 valence electrons. The molecule has 3 heterocycles. The van der Waals surface area contributed by atoms with Gasteiger partial charge in [0.15, 0.2) is 0 Å². The molecule has 0 aliphatic carbocycles. The molecular weight excluding hydrogens is 416 g/mol. The van der Waals surface area contributed by atoms with Crippen LogP contribution < -0.4 is 4.74 Å². The highest BCUT2D eigenvalue weighted by Gasteiger charge is 2.42. The molecule has 0 saturated carbocycles. The van der Waals surface area contributed by atoms with Crippen LogP contribution in [0, 0.1) is 0 Å². The van der Waals surface area contributed by atoms with E-state index >= 15 is 0 Å². The molecule has 0 amide bonds. The van der Waals surface area contributed by atoms with Crippen LogP contribution in [0.3, 0.4) is 0 Å². The average Bonchev–Trinajstić information content (AvgIpc) is 3.31. The van der Waals surface area contributed by atoms with Gasteiger partial charge in [0.05, 0.1) is 12.3 Å². The molecular formula is C20H14BrClN2O2. The zero-order chi connectivity index (χ0) is 17.7. The van der Waals surface area contributed by atoms with Gasteiger partial charge >= 0.3 is 0 Å². The minimum Gasteiger partial charge on any atom is -0.464 e. The molecule has 0 spiro atoms. The van der Waals surface area contributed by atoms with E-state index in [2.05, 4.69) is 22.0 Å². The van der Waals surface area contributed by atoms with Crippen molar-refractivity contribution in [3.63, 3.8) is 0 Å². The second kappa shape index (κ2) is 6.18. The summed E-state index contributed by atoms with van der Waals surface area (Å²) in [6.45, 7) is 0. The Labute approximate surface area is 164 Å². The molecule has 3 aromatic rings. The predicted molar refractivity (Wildman–Crippen MR) is 103 cm³/mol. The molecule has 4 nitrogen and oxygen atoms in total. The number of hydrazone groups is 1. The lowest BCUT2D eigenvalue weighted by atomic mass is 9.97. The van der Waals surface area contributed by atoms with E-state index in [0.717, 1.165) is 39.2 Å². The lowest BCUT2D eigenvalue weighted by molar-refractivity contribution is -0.0190. The van der Waals surface area contributed by atoms with Crippen molar-refractivity contribution in [2.24, 2.45) is 5.10 Å². The highest BCUT2D eigenvalue weighted by Crippen LogP contribution is 2.49. The third-order valence-electron chi connectivity index (χ3n) is 4.73. The molecule has 0 radical (unpaired) electrons. The summed E-state index contributed by atoms with van der Waals surface area (Å²) in [5, 5.41) is 7.50. The largest absolute Gasteiger partial charge is 0.464 e. The van der Waals surface area contributed by atoms with Gasteiger partial charge in [-0.15, -0.1) is 0 Å². The Morgan fingerprint density at radius 1 is 1.08 bits per heavy atom. The van der Waals surface area contributed by atoms with E-state index < -0.39 is 0 Å². The van der Waals surface area contributed by atoms with Gasteiger partial charge in [-0.1, -0.05) is 45.7 Å². The quantitative estimate of drug-likeness (QED) is 0.506. The van der Waals surface area contributed by atoms with Crippen LogP contribution >= 0.6 is 27.5 Å². The fourth-order valence-corrected chi connectivity index (χ4v) is 4.14. The predicted octanol–water partition coefficient (Wildman–Crippen LogP) is 5.94. The number of hydrogen-bond acceptors (Lipinski definition) is 4. The van der Waals surface area contributed by atoms with Crippen molar-refractivity contribution in [1.29, 1.82) is 0 Å². The Kier molecular flexibility index (Phi) is 3.80. The number of nitrogens with zero attached hydrogens (tertiary/aromatic N) is 2. The summed E-state index contributed by atoms with van der Waals surface area (Å²) in [5.41, 5.74) is 2.92. The Morgan fingerprint density at radius 2 is 1.96 bits per heavy atom. The van der Waals surface area contributed by atoms with Crippen molar-refractivity contribution in [1.82, 2.24) is 5.01 Å². The first kappa shape index (κ1) is 16.0. The Hall–Kier alpha value is -2.24. The number of hydrogen-bond donors (Lipinski definition) is 0. The minimum absolute atomic E-state index is 0.0672. The number of halogens is 2. The van der Waals surface area contributed by atoms with Crippen molar-refractivity contribution in [2.75, 3.05) is 0 Å². The number of benzene rings is 2. The normalized spacial score (nSPS) is 21.0. The van der Waals surface area contributed by atoms with Crippen LogP contribution in [0.5, 0.6) is 5.75 Å². The highest BCUT2D eigenvalue weighted by atomic mass is 79.9. The smallest absolute Gasteiger partial charge is 0.215 e. The standard InChI is InChI=1S/C20H14BrClN2O2/c21-12-7-8-18-14(10-12)17-11-16(19-6-3-9-25-19)23-24(17)20(26-18)13-4-1-2-5-15(13)22/h1-10,17,20H,11H2/t17-,20-/m0/s1. The molecule has 5 rings (SSSR count). The molecule has 26 heavy (non-hydrogen) atoms. The zero-order valence-corrected chi connectivity index (χ0v) is 15.9. The Balaban J connectivity index is 1.64. The molecule has 0 saturated heterocycles. The maximum absolute atomic E-state index is 6.46. The van der Waals surface area contributed by atoms with Crippen molar-refractivity contribution in [2.45, 2.75) is 18.7 Å². The summed E-state index contributed by atoms with van der Waals surface area (Å²) in [6.07, 6.45) is 2.04. The molecule has 0 bridgehead atoms. The van der Waals surface area contributed by atoms with Crippen molar-refractivity contribution >= 4 is 33.2 Å². The first-order valence-electron chi connectivity index (χ1n) is 8.31. The van der Waals surface area contributed by atoms with Gasteiger partial charge in [-0.2, -0.15) is 5.10 Å². The number of furan rings is 1. The van der Waals surface area contributed by atoms with E-state index in [1.54, 1.807) is 6.26 Å². The van der Waals surface area contributed by atoms with Crippen LogP contribution in [0.4, 0.5) is 0 Å². The summed E-state index contributed by atoms with van der Waals surface area (Å²) in [4.78, 5) is 0. The van der Waals surface area contributed by atoms with Gasteiger partial charge in [0.25, 0.3) is 0 Å². The highest BCUT2D eigenvalue weighted by molar-refractivity contribution is 9.10. The van der Waals surface area contributed by atoms with Gasteiger partial charge in [0, 0.05) is 27.0 Å². The molecule has 2 aliphatic heterocycles. The van der Waals surface area contributed by atoms with E-state index in [4.69, 9.17) is 25.9 Å². The summed E-state index contributed by atoms with van der Waals surface area (Å²) in [5.74, 6) is 1.64. The fraction of sp³-hybridized carbons (Fsp3) is 0.150. The number of rotatable bonds is 2. The Morgan fingerprint density at radius 3 is 2.77 bits per heavy atom. The van der Waals surface area contributed by atoms with Crippen molar-refractivity contribution in [3.8, 4) is 5.75 Å². The van der Waals surface area contributed by atoms with Crippen LogP contribution in [-0.4, -0.2) is 10.7 Å². The monoisotopic (exact) mass is 428 g/mol. The zero-order valence-electron chi connectivity index (χ0n) is 13.6. The van der Waals surface area contributed by atoms with Crippen LogP contribution in [0.15, 0.2) is 74.9 Å². The van der Waals surface area contributed by atoms with Gasteiger partial charge in [-0.25, -0.2) is 5.01 Å². The molecule has 0 N–H and O–H groups in total. The van der Waals surface area contributed by atoms with Crippen LogP contribution in [-0.2, 0) is 0 Å². The molecule has 1 aromatic heterocycles. The topological polar surface area (TPSA) is 38.0 Å². The summed E-state index contributed by atoms with van der Waals surface area (Å²) < 4.78 is 12.9. The molecule has 2 aromatic carbocycles. The van der Waals surface area contributed by atoms with Gasteiger partial charge in [-0.3, -0.25) is 0 Å². The maximum atomic E-state index is 6.46. The molecule has 0 fully saturated rings. The third kappa shape index (κ3) is 2.54. The van der Waals surface area contributed by atoms with Crippen molar-refractivity contribution in [3.05, 3.63) is 87.2 Å². The lowest BCUT2D eigenvalue weighted by Crippen LogP contribution is -2.33. The Bertz CT molecular complexity index is 1000. The van der Waals surface area contributed by atoms with Crippen LogP contribution in [0.1, 0.15) is 35.6 Å². The molecule has 2 aliphatic rings. The van der Waals surface area contributed by atoms with E-state index in [-0.39, 0.29) is 12.3 Å². The first-order chi connectivity index (χ1) is 12.7. The van der Waals surface area contributed by atoms with Crippen LogP contribution in [0.25, 0.3) is 0 Å². The second-order valence-electron chi connectivity index (χ2n) is 6.30. The minimum atomic E-state index is -0.380. The second-order valence-corrected chi connectivity index (χ2v) is 7.62. The fourth-order valence-electron chi connectivity index (χ4n) is 3.53. The SMILES string of the molecule is Clc1ccccc1[C@@H]1Oc2ccc(Br)cc2[C@@H]2CC(c3ccco3)=NN21. The molecule has 6 heteroatoms. The van der Waals surface area contributed by atoms with Crippen LogP contribution in [0.2, 0.25) is 5.02 Å². The van der Waals surface area contributed by atoms with E-state index in [1.807, 2.05) is 53.5 Å². The van der Waals surface area contributed by atoms with Gasteiger partial charge in [-0.05, 0) is 36.4 Å². The lowest BCUT2D eigenvalue weighted by Gasteiger charge is -2.38. The van der Waals surface area contributed by atoms with Gasteiger partial charge < -0.3 is 9.15 Å². The summed E-state index contributed by atoms with van der Waals surface area (Å²) in [7, 11) is 0. The van der Waals surface area contributed by atoms with Crippen molar-refractivity contribution < 1.29 is 9.15 Å². The molecule has 2 atom stereocenters. The first-order valence-corrected chi connectivity index (χ1v) is 9.48. The summed E-state index contributed by atoms with van der Waals surface area (Å²) >= 11 is 10.0. The average molecular weight is 430 g/mol. The summed E-state index contributed by atoms with van der Waals surface area (Å²) in [6, 6.07) is 17.7. The van der Waals surface area contributed by atoms with Gasteiger partial charge in [0.2, 0.25) is 6.23 Å². The maximum Gasteiger partial charge on any atom is 0.215 e. The van der Waals surface area contributed by atoms with E-state index in [1.165, 1.54) is 0 Å². The molecule has 0 unspecified atom stereocenters. The van der Waals surface area contributed by atoms with E-state index in [9.17, 15) is 0 Å². The number of fused-ring (bicyclic) bond motifs is 3. The number of ether oxygens (including phenoxy) is 1.